The summed E-state index contributed by atoms with van der Waals surface area (Å²) in [5.41, 5.74) is 1.79. The number of hydrogen-bond donors (Lipinski definition) is 0. The van der Waals surface area contributed by atoms with Gasteiger partial charge in [-0.25, -0.2) is 0 Å². The summed E-state index contributed by atoms with van der Waals surface area (Å²) in [6, 6.07) is 13.5. The van der Waals surface area contributed by atoms with Gasteiger partial charge in [0.25, 0.3) is 5.91 Å². The van der Waals surface area contributed by atoms with Crippen LogP contribution in [0.2, 0.25) is 0 Å². The Morgan fingerprint density at radius 2 is 1.72 bits per heavy atom. The quantitative estimate of drug-likeness (QED) is 0.826. The number of amides is 1. The lowest BCUT2D eigenvalue weighted by atomic mass is 10.1. The summed E-state index contributed by atoms with van der Waals surface area (Å²) in [5.74, 6) is 0.00810. The van der Waals surface area contributed by atoms with Crippen LogP contribution in [0.3, 0.4) is 0 Å². The molecule has 3 heteroatoms. The van der Waals surface area contributed by atoms with Gasteiger partial charge in [0.05, 0.1) is 6.04 Å². The molecule has 0 saturated heterocycles. The van der Waals surface area contributed by atoms with E-state index >= 15 is 0 Å². The molecular formula is C15H16N2O. The van der Waals surface area contributed by atoms with Gasteiger partial charge in [-0.1, -0.05) is 30.3 Å². The largest absolute Gasteiger partial charge is 0.335 e. The van der Waals surface area contributed by atoms with Crippen molar-refractivity contribution in [2.24, 2.45) is 0 Å². The summed E-state index contributed by atoms with van der Waals surface area (Å²) in [4.78, 5) is 17.9. The molecule has 1 aromatic heterocycles. The third-order valence-corrected chi connectivity index (χ3v) is 3.11. The van der Waals surface area contributed by atoms with Crippen molar-refractivity contribution in [2.45, 2.75) is 13.0 Å². The lowest BCUT2D eigenvalue weighted by molar-refractivity contribution is 0.0742. The van der Waals surface area contributed by atoms with Gasteiger partial charge in [0.2, 0.25) is 0 Å². The van der Waals surface area contributed by atoms with Crippen LogP contribution < -0.4 is 0 Å². The van der Waals surface area contributed by atoms with E-state index in [4.69, 9.17) is 0 Å². The lowest BCUT2D eigenvalue weighted by Gasteiger charge is -2.25. The monoisotopic (exact) mass is 240 g/mol. The first-order valence-electron chi connectivity index (χ1n) is 5.92. The zero-order chi connectivity index (χ0) is 13.0. The summed E-state index contributed by atoms with van der Waals surface area (Å²) in [5, 5.41) is 0. The second-order valence-corrected chi connectivity index (χ2v) is 4.24. The fourth-order valence-corrected chi connectivity index (χ4v) is 1.83. The van der Waals surface area contributed by atoms with E-state index in [1.807, 2.05) is 44.3 Å². The molecule has 2 aromatic rings. The first-order chi connectivity index (χ1) is 8.70. The minimum Gasteiger partial charge on any atom is -0.335 e. The molecule has 0 fully saturated rings. The van der Waals surface area contributed by atoms with E-state index in [2.05, 4.69) is 4.98 Å². The molecule has 0 aliphatic rings. The average Bonchev–Trinajstić information content (AvgIpc) is 2.47. The Kier molecular flexibility index (Phi) is 3.72. The molecule has 0 aliphatic heterocycles. The number of hydrogen-bond acceptors (Lipinski definition) is 2. The van der Waals surface area contributed by atoms with Crippen LogP contribution in [0, 0.1) is 0 Å². The topological polar surface area (TPSA) is 33.2 Å². The third-order valence-electron chi connectivity index (χ3n) is 3.11. The Hall–Kier alpha value is -2.16. The number of nitrogens with zero attached hydrogens (tertiary/aromatic N) is 2. The molecule has 1 unspecified atom stereocenters. The molecule has 0 aliphatic carbocycles. The molecule has 0 spiro atoms. The van der Waals surface area contributed by atoms with Gasteiger partial charge in [-0.2, -0.15) is 0 Å². The van der Waals surface area contributed by atoms with Gasteiger partial charge in [0.1, 0.15) is 0 Å². The number of rotatable bonds is 3. The molecule has 1 aromatic carbocycles. The first-order valence-corrected chi connectivity index (χ1v) is 5.92. The standard InChI is InChI=1S/C15H16N2O/c1-12(13-6-4-3-5-7-13)17(2)15(18)14-8-10-16-11-9-14/h3-12H,1-2H3. The zero-order valence-electron chi connectivity index (χ0n) is 10.6. The number of aromatic nitrogens is 1. The summed E-state index contributed by atoms with van der Waals surface area (Å²) < 4.78 is 0. The van der Waals surface area contributed by atoms with E-state index in [0.29, 0.717) is 5.56 Å². The van der Waals surface area contributed by atoms with E-state index in [9.17, 15) is 4.79 Å². The predicted octanol–water partition coefficient (Wildman–Crippen LogP) is 2.91. The maximum Gasteiger partial charge on any atom is 0.254 e. The van der Waals surface area contributed by atoms with Crippen molar-refractivity contribution in [3.8, 4) is 0 Å². The second kappa shape index (κ2) is 5.45. The highest BCUT2D eigenvalue weighted by molar-refractivity contribution is 5.94. The fraction of sp³-hybridized carbons (Fsp3) is 0.200. The van der Waals surface area contributed by atoms with Crippen molar-refractivity contribution in [1.82, 2.24) is 9.88 Å². The van der Waals surface area contributed by atoms with Gasteiger partial charge in [-0.05, 0) is 24.6 Å². The minimum absolute atomic E-state index is 0.00810. The van der Waals surface area contributed by atoms with Gasteiger partial charge < -0.3 is 4.90 Å². The number of carbonyl (C=O) groups is 1. The van der Waals surface area contributed by atoms with Crippen LogP contribution in [-0.2, 0) is 0 Å². The molecule has 0 radical (unpaired) electrons. The Morgan fingerprint density at radius 1 is 1.11 bits per heavy atom. The van der Waals surface area contributed by atoms with Crippen LogP contribution >= 0.6 is 0 Å². The van der Waals surface area contributed by atoms with Crippen molar-refractivity contribution in [3.05, 3.63) is 66.0 Å². The van der Waals surface area contributed by atoms with E-state index < -0.39 is 0 Å². The maximum atomic E-state index is 12.3. The SMILES string of the molecule is CC(c1ccccc1)N(C)C(=O)c1ccncc1. The number of benzene rings is 1. The summed E-state index contributed by atoms with van der Waals surface area (Å²) in [7, 11) is 1.82. The van der Waals surface area contributed by atoms with E-state index in [-0.39, 0.29) is 11.9 Å². The van der Waals surface area contributed by atoms with Gasteiger partial charge in [0.15, 0.2) is 0 Å². The molecule has 0 bridgehead atoms. The highest BCUT2D eigenvalue weighted by atomic mass is 16.2. The zero-order valence-corrected chi connectivity index (χ0v) is 10.6. The fourth-order valence-electron chi connectivity index (χ4n) is 1.83. The second-order valence-electron chi connectivity index (χ2n) is 4.24. The molecule has 18 heavy (non-hydrogen) atoms. The molecule has 3 nitrogen and oxygen atoms in total. The van der Waals surface area contributed by atoms with Crippen LogP contribution in [0.15, 0.2) is 54.9 Å². The minimum atomic E-state index is 0.00810. The maximum absolute atomic E-state index is 12.3. The van der Waals surface area contributed by atoms with Crippen molar-refractivity contribution in [2.75, 3.05) is 7.05 Å². The van der Waals surface area contributed by atoms with Crippen LogP contribution in [0.25, 0.3) is 0 Å². The lowest BCUT2D eigenvalue weighted by Crippen LogP contribution is -2.29. The molecular weight excluding hydrogens is 224 g/mol. The van der Waals surface area contributed by atoms with Crippen molar-refractivity contribution >= 4 is 5.91 Å². The van der Waals surface area contributed by atoms with E-state index in [1.165, 1.54) is 0 Å². The summed E-state index contributed by atoms with van der Waals surface area (Å²) in [6.07, 6.45) is 3.27. The highest BCUT2D eigenvalue weighted by Crippen LogP contribution is 2.19. The summed E-state index contributed by atoms with van der Waals surface area (Å²) >= 11 is 0. The predicted molar refractivity (Wildman–Crippen MR) is 71.2 cm³/mol. The van der Waals surface area contributed by atoms with Crippen LogP contribution in [0.5, 0.6) is 0 Å². The molecule has 2 rings (SSSR count). The Bertz CT molecular complexity index is 511. The Morgan fingerprint density at radius 3 is 2.33 bits per heavy atom. The Balaban J connectivity index is 2.17. The molecule has 0 N–H and O–H groups in total. The van der Waals surface area contributed by atoms with E-state index in [0.717, 1.165) is 5.56 Å². The molecule has 92 valence electrons. The molecule has 1 heterocycles. The number of carbonyl (C=O) groups excluding carboxylic acids is 1. The molecule has 1 amide bonds. The first kappa shape index (κ1) is 12.3. The van der Waals surface area contributed by atoms with Crippen molar-refractivity contribution in [3.63, 3.8) is 0 Å². The van der Waals surface area contributed by atoms with Gasteiger partial charge >= 0.3 is 0 Å². The number of pyridine rings is 1. The van der Waals surface area contributed by atoms with Crippen LogP contribution in [-0.4, -0.2) is 22.8 Å². The third kappa shape index (κ3) is 2.56. The van der Waals surface area contributed by atoms with Gasteiger partial charge in [-0.3, -0.25) is 9.78 Å². The van der Waals surface area contributed by atoms with Crippen molar-refractivity contribution < 1.29 is 4.79 Å². The van der Waals surface area contributed by atoms with Gasteiger partial charge in [-0.15, -0.1) is 0 Å². The van der Waals surface area contributed by atoms with Gasteiger partial charge in [0, 0.05) is 25.0 Å². The molecule has 1 atom stereocenters. The van der Waals surface area contributed by atoms with Crippen LogP contribution in [0.1, 0.15) is 28.9 Å². The highest BCUT2D eigenvalue weighted by Gasteiger charge is 2.18. The Labute approximate surface area is 107 Å². The van der Waals surface area contributed by atoms with E-state index in [1.54, 1.807) is 29.4 Å². The average molecular weight is 240 g/mol. The van der Waals surface area contributed by atoms with Crippen molar-refractivity contribution in [1.29, 1.82) is 0 Å². The van der Waals surface area contributed by atoms with Crippen LogP contribution in [0.4, 0.5) is 0 Å². The smallest absolute Gasteiger partial charge is 0.254 e. The molecule has 0 saturated carbocycles. The normalized spacial score (nSPS) is 11.9. The summed E-state index contributed by atoms with van der Waals surface area (Å²) in [6.45, 7) is 2.02.